The predicted octanol–water partition coefficient (Wildman–Crippen LogP) is 4.58. The van der Waals surface area contributed by atoms with E-state index in [0.29, 0.717) is 11.8 Å². The lowest BCUT2D eigenvalue weighted by Gasteiger charge is -2.09. The van der Waals surface area contributed by atoms with Crippen molar-refractivity contribution >= 4 is 34.1 Å². The monoisotopic (exact) mass is 434 g/mol. The number of hydrogen-bond donors (Lipinski definition) is 2. The fourth-order valence-electron chi connectivity index (χ4n) is 2.54. The number of aromatic carboxylic acids is 1. The number of amides is 1. The molecule has 2 N–H and O–H groups in total. The van der Waals surface area contributed by atoms with Crippen molar-refractivity contribution in [2.24, 2.45) is 4.99 Å². The van der Waals surface area contributed by atoms with E-state index in [9.17, 15) is 27.9 Å². The number of benzene rings is 2. The SMILES string of the molecule is C/N=C(\Oc1ccccc1)C(=O)Nc1scc(-c2ccc(F)c(F)c2F)c1C(=O)O. The molecule has 30 heavy (non-hydrogen) atoms. The normalized spacial score (nSPS) is 11.3. The number of rotatable bonds is 4. The van der Waals surface area contributed by atoms with Gasteiger partial charge in [-0.05, 0) is 24.3 Å². The highest BCUT2D eigenvalue weighted by molar-refractivity contribution is 7.15. The molecule has 0 bridgehead atoms. The molecule has 0 fully saturated rings. The molecular formula is C20H13F3N2O4S. The Labute approximate surface area is 172 Å². The number of para-hydroxylation sites is 1. The van der Waals surface area contributed by atoms with Crippen LogP contribution in [0.3, 0.4) is 0 Å². The minimum absolute atomic E-state index is 0.149. The largest absolute Gasteiger partial charge is 0.478 e. The highest BCUT2D eigenvalue weighted by Crippen LogP contribution is 2.37. The maximum Gasteiger partial charge on any atom is 0.339 e. The number of nitrogens with one attached hydrogen (secondary N) is 1. The van der Waals surface area contributed by atoms with Gasteiger partial charge in [-0.1, -0.05) is 18.2 Å². The van der Waals surface area contributed by atoms with E-state index in [1.54, 1.807) is 30.3 Å². The Morgan fingerprint density at radius 3 is 2.37 bits per heavy atom. The number of halogens is 3. The predicted molar refractivity (Wildman–Crippen MR) is 106 cm³/mol. The van der Waals surface area contributed by atoms with E-state index in [-0.39, 0.29) is 16.5 Å². The lowest BCUT2D eigenvalue weighted by atomic mass is 10.0. The number of aliphatic imine (C=N–C) groups is 1. The Kier molecular flexibility index (Phi) is 6.17. The van der Waals surface area contributed by atoms with Crippen LogP contribution >= 0.6 is 11.3 Å². The van der Waals surface area contributed by atoms with Crippen LogP contribution in [0.4, 0.5) is 18.2 Å². The van der Waals surface area contributed by atoms with E-state index < -0.39 is 40.5 Å². The first-order valence-corrected chi connectivity index (χ1v) is 9.21. The first-order chi connectivity index (χ1) is 14.3. The molecule has 2 aromatic carbocycles. The minimum atomic E-state index is -1.72. The van der Waals surface area contributed by atoms with Crippen LogP contribution in [0.1, 0.15) is 10.4 Å². The number of hydrogen-bond acceptors (Lipinski definition) is 5. The van der Waals surface area contributed by atoms with Crippen molar-refractivity contribution in [2.75, 3.05) is 12.4 Å². The fraction of sp³-hybridized carbons (Fsp3) is 0.0500. The molecule has 1 amide bonds. The number of carbonyl (C=O) groups is 2. The summed E-state index contributed by atoms with van der Waals surface area (Å²) in [6, 6.07) is 9.91. The number of ether oxygens (including phenoxy) is 1. The molecule has 3 rings (SSSR count). The average Bonchev–Trinajstić information content (AvgIpc) is 3.14. The van der Waals surface area contributed by atoms with E-state index in [2.05, 4.69) is 10.3 Å². The molecule has 3 aromatic rings. The summed E-state index contributed by atoms with van der Waals surface area (Å²) in [4.78, 5) is 28.0. The van der Waals surface area contributed by atoms with Crippen molar-refractivity contribution < 1.29 is 32.6 Å². The van der Waals surface area contributed by atoms with Crippen LogP contribution < -0.4 is 10.1 Å². The Bertz CT molecular complexity index is 1150. The van der Waals surface area contributed by atoms with E-state index in [1.165, 1.54) is 12.4 Å². The quantitative estimate of drug-likeness (QED) is 0.358. The van der Waals surface area contributed by atoms with Gasteiger partial charge in [-0.2, -0.15) is 0 Å². The summed E-state index contributed by atoms with van der Waals surface area (Å²) < 4.78 is 46.3. The molecule has 0 unspecified atom stereocenters. The van der Waals surface area contributed by atoms with Crippen molar-refractivity contribution in [1.29, 1.82) is 0 Å². The molecule has 0 aliphatic heterocycles. The van der Waals surface area contributed by atoms with Crippen LogP contribution in [0.5, 0.6) is 5.75 Å². The van der Waals surface area contributed by atoms with Crippen molar-refractivity contribution in [3.8, 4) is 16.9 Å². The maximum atomic E-state index is 14.2. The van der Waals surface area contributed by atoms with Gasteiger partial charge in [-0.25, -0.2) is 23.0 Å². The number of anilines is 1. The molecule has 0 saturated carbocycles. The van der Waals surface area contributed by atoms with Gasteiger partial charge in [0.05, 0.1) is 0 Å². The minimum Gasteiger partial charge on any atom is -0.478 e. The zero-order valence-electron chi connectivity index (χ0n) is 15.3. The number of carboxylic acids is 1. The summed E-state index contributed by atoms with van der Waals surface area (Å²) in [5.41, 5.74) is -1.14. The van der Waals surface area contributed by atoms with E-state index in [4.69, 9.17) is 4.74 Å². The fourth-order valence-corrected chi connectivity index (χ4v) is 3.49. The van der Waals surface area contributed by atoms with Crippen LogP contribution in [0.15, 0.2) is 52.8 Å². The number of thiophene rings is 1. The molecule has 0 atom stereocenters. The lowest BCUT2D eigenvalue weighted by molar-refractivity contribution is -0.111. The molecule has 0 radical (unpaired) electrons. The summed E-state index contributed by atoms with van der Waals surface area (Å²) in [5, 5.41) is 13.0. The number of carbonyl (C=O) groups excluding carboxylic acids is 1. The van der Waals surface area contributed by atoms with Gasteiger partial charge in [0.2, 0.25) is 0 Å². The van der Waals surface area contributed by atoms with Crippen LogP contribution in [-0.2, 0) is 4.79 Å². The maximum absolute atomic E-state index is 14.2. The van der Waals surface area contributed by atoms with Gasteiger partial charge in [-0.15, -0.1) is 11.3 Å². The van der Waals surface area contributed by atoms with Gasteiger partial charge >= 0.3 is 11.9 Å². The molecule has 0 aliphatic rings. The van der Waals surface area contributed by atoms with Crippen molar-refractivity contribution in [1.82, 2.24) is 0 Å². The zero-order valence-corrected chi connectivity index (χ0v) is 16.1. The Balaban J connectivity index is 1.93. The second kappa shape index (κ2) is 8.78. The molecule has 0 saturated heterocycles. The molecule has 1 aromatic heterocycles. The van der Waals surface area contributed by atoms with Gasteiger partial charge in [0.1, 0.15) is 16.3 Å². The van der Waals surface area contributed by atoms with Gasteiger partial charge in [-0.3, -0.25) is 4.79 Å². The Morgan fingerprint density at radius 2 is 1.73 bits per heavy atom. The van der Waals surface area contributed by atoms with E-state index in [0.717, 1.165) is 17.4 Å². The number of nitrogens with zero attached hydrogens (tertiary/aromatic N) is 1. The first-order valence-electron chi connectivity index (χ1n) is 8.33. The van der Waals surface area contributed by atoms with E-state index in [1.807, 2.05) is 0 Å². The van der Waals surface area contributed by atoms with Crippen molar-refractivity contribution in [2.45, 2.75) is 0 Å². The standard InChI is InChI=1S/C20H13F3N2O4S/c1-24-18(29-10-5-3-2-4-6-10)17(26)25-19-14(20(27)28)12(9-30-19)11-7-8-13(21)16(23)15(11)22/h2-9H,1H3,(H,25,26)(H,27,28)/b24-18-. The van der Waals surface area contributed by atoms with Crippen molar-refractivity contribution in [3.63, 3.8) is 0 Å². The van der Waals surface area contributed by atoms with Gasteiger partial charge < -0.3 is 15.2 Å². The highest BCUT2D eigenvalue weighted by atomic mass is 32.1. The number of carboxylic acid groups (broad SMARTS) is 1. The molecule has 6 nitrogen and oxygen atoms in total. The molecule has 1 heterocycles. The Hall–Kier alpha value is -3.66. The Morgan fingerprint density at radius 1 is 1.03 bits per heavy atom. The highest BCUT2D eigenvalue weighted by Gasteiger charge is 2.26. The van der Waals surface area contributed by atoms with Crippen LogP contribution in [0.2, 0.25) is 0 Å². The van der Waals surface area contributed by atoms with Gasteiger partial charge in [0.25, 0.3) is 5.90 Å². The third kappa shape index (κ3) is 4.18. The third-order valence-electron chi connectivity index (χ3n) is 3.91. The molecule has 154 valence electrons. The topological polar surface area (TPSA) is 88.0 Å². The molecule has 0 spiro atoms. The molecular weight excluding hydrogens is 421 g/mol. The van der Waals surface area contributed by atoms with E-state index >= 15 is 0 Å². The average molecular weight is 434 g/mol. The van der Waals surface area contributed by atoms with Crippen LogP contribution in [0, 0.1) is 17.5 Å². The van der Waals surface area contributed by atoms with Crippen LogP contribution in [0.25, 0.3) is 11.1 Å². The second-order valence-electron chi connectivity index (χ2n) is 5.78. The summed E-state index contributed by atoms with van der Waals surface area (Å²) >= 11 is 0.774. The molecule has 0 aliphatic carbocycles. The third-order valence-corrected chi connectivity index (χ3v) is 4.81. The summed E-state index contributed by atoms with van der Waals surface area (Å²) in [5.74, 6) is -7.01. The zero-order chi connectivity index (χ0) is 21.8. The first kappa shape index (κ1) is 21.1. The summed E-state index contributed by atoms with van der Waals surface area (Å²) in [6.07, 6.45) is 0. The smallest absolute Gasteiger partial charge is 0.339 e. The van der Waals surface area contributed by atoms with Crippen LogP contribution in [-0.4, -0.2) is 29.9 Å². The van der Waals surface area contributed by atoms with Gasteiger partial charge in [0, 0.05) is 23.6 Å². The van der Waals surface area contributed by atoms with Gasteiger partial charge in [0.15, 0.2) is 17.5 Å². The summed E-state index contributed by atoms with van der Waals surface area (Å²) in [6.45, 7) is 0. The lowest BCUT2D eigenvalue weighted by Crippen LogP contribution is -2.28. The molecule has 10 heteroatoms. The summed E-state index contributed by atoms with van der Waals surface area (Å²) in [7, 11) is 1.31. The second-order valence-corrected chi connectivity index (χ2v) is 6.66. The van der Waals surface area contributed by atoms with Crippen molar-refractivity contribution in [3.05, 3.63) is 70.9 Å².